The minimum atomic E-state index is -0.0941. The molecule has 0 radical (unpaired) electrons. The highest BCUT2D eigenvalue weighted by Crippen LogP contribution is 2.31. The van der Waals surface area contributed by atoms with Crippen LogP contribution in [0.1, 0.15) is 37.0 Å². The molecule has 0 aliphatic heterocycles. The van der Waals surface area contributed by atoms with E-state index in [0.717, 1.165) is 6.42 Å². The second kappa shape index (κ2) is 5.05. The third-order valence-corrected chi connectivity index (χ3v) is 4.10. The Balaban J connectivity index is 2.05. The third-order valence-electron chi connectivity index (χ3n) is 3.80. The van der Waals surface area contributed by atoms with Crippen molar-refractivity contribution in [2.45, 2.75) is 32.7 Å². The number of hydrogen-bond acceptors (Lipinski definition) is 2. The summed E-state index contributed by atoms with van der Waals surface area (Å²) in [7, 11) is 0. The lowest BCUT2D eigenvalue weighted by Crippen LogP contribution is -2.37. The van der Waals surface area contributed by atoms with E-state index < -0.39 is 0 Å². The molecule has 1 N–H and O–H groups in total. The zero-order chi connectivity index (χ0) is 12.4. The first-order valence-electron chi connectivity index (χ1n) is 6.00. The van der Waals surface area contributed by atoms with Crippen molar-refractivity contribution in [1.29, 1.82) is 0 Å². The van der Waals surface area contributed by atoms with Crippen LogP contribution >= 0.6 is 11.6 Å². The minimum absolute atomic E-state index is 0.0941. The Labute approximate surface area is 107 Å². The van der Waals surface area contributed by atoms with Crippen molar-refractivity contribution in [3.8, 4) is 0 Å². The van der Waals surface area contributed by atoms with Gasteiger partial charge in [0.05, 0.1) is 10.6 Å². The number of hydrogen-bond donors (Lipinski definition) is 1. The number of aromatic nitrogens is 1. The topological polar surface area (TPSA) is 42.0 Å². The van der Waals surface area contributed by atoms with Crippen LogP contribution in [0.3, 0.4) is 0 Å². The number of nitrogens with one attached hydrogen (secondary N) is 1. The van der Waals surface area contributed by atoms with Gasteiger partial charge in [-0.15, -0.1) is 0 Å². The highest BCUT2D eigenvalue weighted by Gasteiger charge is 2.31. The molecule has 4 heteroatoms. The van der Waals surface area contributed by atoms with E-state index in [1.165, 1.54) is 12.6 Å². The molecule has 1 heterocycles. The summed E-state index contributed by atoms with van der Waals surface area (Å²) in [6, 6.07) is 1.92. The average molecular weight is 253 g/mol. The highest BCUT2D eigenvalue weighted by atomic mass is 35.5. The lowest BCUT2D eigenvalue weighted by Gasteiger charge is -2.19. The number of carbonyl (C=O) groups excluding carboxylic acids is 1. The summed E-state index contributed by atoms with van der Waals surface area (Å²) in [5.74, 6) is 1.11. The van der Waals surface area contributed by atoms with Crippen LogP contribution in [-0.2, 0) is 0 Å². The fraction of sp³-hybridized carbons (Fsp3) is 0.538. The highest BCUT2D eigenvalue weighted by molar-refractivity contribution is 6.33. The Morgan fingerprint density at radius 2 is 2.24 bits per heavy atom. The lowest BCUT2D eigenvalue weighted by molar-refractivity contribution is 0.0927. The Morgan fingerprint density at radius 1 is 1.47 bits per heavy atom. The van der Waals surface area contributed by atoms with Gasteiger partial charge in [0.2, 0.25) is 0 Å². The molecule has 1 aliphatic carbocycles. The Bertz CT molecular complexity index is 422. The first-order valence-corrected chi connectivity index (χ1v) is 6.37. The molecular formula is C13H17ClN2O. The Kier molecular flexibility index (Phi) is 3.67. The number of halogens is 1. The molecule has 3 atom stereocenters. The molecular weight excluding hydrogens is 236 g/mol. The summed E-state index contributed by atoms with van der Waals surface area (Å²) in [6.07, 6.45) is 5.31. The normalized spacial score (nSPS) is 28.1. The zero-order valence-corrected chi connectivity index (χ0v) is 10.9. The van der Waals surface area contributed by atoms with Gasteiger partial charge in [0.1, 0.15) is 0 Å². The van der Waals surface area contributed by atoms with Crippen molar-refractivity contribution in [3.05, 3.63) is 29.0 Å². The van der Waals surface area contributed by atoms with Crippen molar-refractivity contribution < 1.29 is 4.79 Å². The van der Waals surface area contributed by atoms with Gasteiger partial charge in [-0.05, 0) is 30.7 Å². The SMILES string of the molecule is CC1CCC(NC(=O)c2ccncc2Cl)C1C. The third kappa shape index (κ3) is 2.60. The van der Waals surface area contributed by atoms with Gasteiger partial charge in [-0.25, -0.2) is 0 Å². The molecule has 1 aromatic rings. The second-order valence-electron chi connectivity index (χ2n) is 4.85. The van der Waals surface area contributed by atoms with Gasteiger partial charge in [0, 0.05) is 18.4 Å². The predicted octanol–water partition coefficient (Wildman–Crippen LogP) is 2.90. The van der Waals surface area contributed by atoms with E-state index >= 15 is 0 Å². The van der Waals surface area contributed by atoms with Crippen molar-refractivity contribution in [2.24, 2.45) is 11.8 Å². The molecule has 1 aliphatic rings. The van der Waals surface area contributed by atoms with Gasteiger partial charge in [0.15, 0.2) is 0 Å². The van der Waals surface area contributed by atoms with E-state index in [1.807, 2.05) is 0 Å². The maximum Gasteiger partial charge on any atom is 0.253 e. The van der Waals surface area contributed by atoms with Crippen molar-refractivity contribution in [3.63, 3.8) is 0 Å². The van der Waals surface area contributed by atoms with Crippen molar-refractivity contribution in [1.82, 2.24) is 10.3 Å². The largest absolute Gasteiger partial charge is 0.349 e. The first-order chi connectivity index (χ1) is 8.09. The zero-order valence-electron chi connectivity index (χ0n) is 10.1. The second-order valence-corrected chi connectivity index (χ2v) is 5.26. The van der Waals surface area contributed by atoms with Crippen LogP contribution in [0, 0.1) is 11.8 Å². The predicted molar refractivity (Wildman–Crippen MR) is 68.1 cm³/mol. The molecule has 3 unspecified atom stereocenters. The van der Waals surface area contributed by atoms with Gasteiger partial charge in [0.25, 0.3) is 5.91 Å². The first kappa shape index (κ1) is 12.4. The van der Waals surface area contributed by atoms with Crippen LogP contribution in [0.25, 0.3) is 0 Å². The molecule has 0 spiro atoms. The van der Waals surface area contributed by atoms with Gasteiger partial charge in [-0.3, -0.25) is 9.78 Å². The van der Waals surface area contributed by atoms with Crippen LogP contribution in [0.5, 0.6) is 0 Å². The summed E-state index contributed by atoms with van der Waals surface area (Å²) < 4.78 is 0. The molecule has 17 heavy (non-hydrogen) atoms. The number of pyridine rings is 1. The van der Waals surface area contributed by atoms with E-state index in [9.17, 15) is 4.79 Å². The van der Waals surface area contributed by atoms with E-state index in [2.05, 4.69) is 24.1 Å². The van der Waals surface area contributed by atoms with Crippen molar-refractivity contribution >= 4 is 17.5 Å². The van der Waals surface area contributed by atoms with Crippen LogP contribution in [0.15, 0.2) is 18.5 Å². The molecule has 0 bridgehead atoms. The number of amides is 1. The summed E-state index contributed by atoms with van der Waals surface area (Å²) in [5, 5.41) is 3.47. The molecule has 1 saturated carbocycles. The quantitative estimate of drug-likeness (QED) is 0.879. The van der Waals surface area contributed by atoms with Gasteiger partial charge in [-0.1, -0.05) is 25.4 Å². The van der Waals surface area contributed by atoms with Crippen LogP contribution in [0.2, 0.25) is 5.02 Å². The monoisotopic (exact) mass is 252 g/mol. The maximum absolute atomic E-state index is 12.1. The summed E-state index contributed by atoms with van der Waals surface area (Å²) in [4.78, 5) is 15.9. The maximum atomic E-state index is 12.1. The molecule has 3 nitrogen and oxygen atoms in total. The van der Waals surface area contributed by atoms with Gasteiger partial charge < -0.3 is 5.32 Å². The molecule has 0 aromatic carbocycles. The van der Waals surface area contributed by atoms with Crippen LogP contribution in [0.4, 0.5) is 0 Å². The number of nitrogens with zero attached hydrogens (tertiary/aromatic N) is 1. The average Bonchev–Trinajstić information content (AvgIpc) is 2.61. The van der Waals surface area contributed by atoms with Gasteiger partial charge in [-0.2, -0.15) is 0 Å². The molecule has 1 aromatic heterocycles. The summed E-state index contributed by atoms with van der Waals surface area (Å²) >= 11 is 5.95. The fourth-order valence-electron chi connectivity index (χ4n) is 2.37. The minimum Gasteiger partial charge on any atom is -0.349 e. The molecule has 92 valence electrons. The van der Waals surface area contributed by atoms with E-state index in [0.29, 0.717) is 22.4 Å². The van der Waals surface area contributed by atoms with Crippen molar-refractivity contribution in [2.75, 3.05) is 0 Å². The van der Waals surface area contributed by atoms with E-state index in [1.54, 1.807) is 12.3 Å². The van der Waals surface area contributed by atoms with Gasteiger partial charge >= 0.3 is 0 Å². The lowest BCUT2D eigenvalue weighted by atomic mass is 9.97. The van der Waals surface area contributed by atoms with Crippen LogP contribution in [-0.4, -0.2) is 16.9 Å². The molecule has 0 saturated heterocycles. The van der Waals surface area contributed by atoms with E-state index in [4.69, 9.17) is 11.6 Å². The van der Waals surface area contributed by atoms with Crippen LogP contribution < -0.4 is 5.32 Å². The smallest absolute Gasteiger partial charge is 0.253 e. The summed E-state index contributed by atoms with van der Waals surface area (Å²) in [5.41, 5.74) is 0.508. The Morgan fingerprint density at radius 3 is 2.82 bits per heavy atom. The molecule has 1 amide bonds. The number of rotatable bonds is 2. The molecule has 2 rings (SSSR count). The Hall–Kier alpha value is -1.09. The molecule has 1 fully saturated rings. The number of carbonyl (C=O) groups is 1. The van der Waals surface area contributed by atoms with E-state index in [-0.39, 0.29) is 11.9 Å². The standard InChI is InChI=1S/C13H17ClN2O/c1-8-3-4-12(9(8)2)16-13(17)10-5-6-15-7-11(10)14/h5-9,12H,3-4H2,1-2H3,(H,16,17). The fourth-order valence-corrected chi connectivity index (χ4v) is 2.58. The summed E-state index contributed by atoms with van der Waals surface area (Å²) in [6.45, 7) is 4.42.